The summed E-state index contributed by atoms with van der Waals surface area (Å²) in [6.07, 6.45) is 20.2. The number of hydrogen-bond acceptors (Lipinski definition) is 0. The van der Waals surface area contributed by atoms with Crippen molar-refractivity contribution in [3.05, 3.63) is 12.2 Å². The summed E-state index contributed by atoms with van der Waals surface area (Å²) in [6.45, 7) is 4.88. The highest BCUT2D eigenvalue weighted by Gasteiger charge is 2.30. The second-order valence-corrected chi connectivity index (χ2v) is 8.33. The third-order valence-corrected chi connectivity index (χ3v) is 6.77. The van der Waals surface area contributed by atoms with Gasteiger partial charge in [0.15, 0.2) is 0 Å². The topological polar surface area (TPSA) is 0 Å². The van der Waals surface area contributed by atoms with E-state index in [1.54, 1.807) is 0 Å². The van der Waals surface area contributed by atoms with Crippen molar-refractivity contribution in [3.8, 4) is 0 Å². The Balaban J connectivity index is 1.50. The third kappa shape index (κ3) is 3.49. The van der Waals surface area contributed by atoms with Gasteiger partial charge in [0.1, 0.15) is 0 Å². The van der Waals surface area contributed by atoms with Gasteiger partial charge in [-0.2, -0.15) is 0 Å². The fourth-order valence-electron chi connectivity index (χ4n) is 5.08. The average molecular weight is 274 g/mol. The predicted octanol–water partition coefficient (Wildman–Crippen LogP) is 6.22. The van der Waals surface area contributed by atoms with Crippen molar-refractivity contribution in [2.24, 2.45) is 35.5 Å². The molecule has 0 aromatic carbocycles. The second-order valence-electron chi connectivity index (χ2n) is 8.33. The quantitative estimate of drug-likeness (QED) is 0.524. The minimum atomic E-state index is 0.932. The zero-order valence-electron chi connectivity index (χ0n) is 13.7. The first-order chi connectivity index (χ1) is 9.72. The van der Waals surface area contributed by atoms with E-state index in [9.17, 15) is 0 Å². The molecule has 0 aromatic heterocycles. The van der Waals surface area contributed by atoms with Gasteiger partial charge in [-0.1, -0.05) is 51.7 Å². The van der Waals surface area contributed by atoms with Crippen LogP contribution in [0, 0.1) is 35.5 Å². The molecule has 0 saturated heterocycles. The molecule has 2 atom stereocenters. The highest BCUT2D eigenvalue weighted by atomic mass is 14.4. The molecule has 0 aromatic rings. The van der Waals surface area contributed by atoms with Crippen molar-refractivity contribution in [2.75, 3.05) is 0 Å². The van der Waals surface area contributed by atoms with Crippen LogP contribution in [0.2, 0.25) is 0 Å². The summed E-state index contributed by atoms with van der Waals surface area (Å²) < 4.78 is 0. The van der Waals surface area contributed by atoms with E-state index in [0.29, 0.717) is 0 Å². The van der Waals surface area contributed by atoms with Gasteiger partial charge in [0.05, 0.1) is 0 Å². The van der Waals surface area contributed by atoms with Crippen LogP contribution in [0.5, 0.6) is 0 Å². The SMILES string of the molecule is CC1CCC(C2C=CC(C3CCC(C)CC3)CC2)CC1. The highest BCUT2D eigenvalue weighted by molar-refractivity contribution is 5.02. The van der Waals surface area contributed by atoms with Crippen molar-refractivity contribution < 1.29 is 0 Å². The largest absolute Gasteiger partial charge is 0.0849 e. The Labute approximate surface area is 126 Å². The van der Waals surface area contributed by atoms with E-state index in [1.807, 2.05) is 0 Å². The number of allylic oxidation sites excluding steroid dienone is 2. The lowest BCUT2D eigenvalue weighted by Crippen LogP contribution is -2.26. The maximum atomic E-state index is 2.65. The molecule has 2 fully saturated rings. The molecule has 0 nitrogen and oxygen atoms in total. The lowest BCUT2D eigenvalue weighted by Gasteiger charge is -2.37. The van der Waals surface area contributed by atoms with Gasteiger partial charge in [0.25, 0.3) is 0 Å². The van der Waals surface area contributed by atoms with E-state index in [0.717, 1.165) is 35.5 Å². The van der Waals surface area contributed by atoms with E-state index in [-0.39, 0.29) is 0 Å². The maximum absolute atomic E-state index is 2.65. The lowest BCUT2D eigenvalue weighted by molar-refractivity contribution is 0.188. The molecule has 0 spiro atoms. The first kappa shape index (κ1) is 14.7. The molecule has 114 valence electrons. The summed E-state index contributed by atoms with van der Waals surface area (Å²) in [5.41, 5.74) is 0. The van der Waals surface area contributed by atoms with E-state index in [2.05, 4.69) is 26.0 Å². The predicted molar refractivity (Wildman–Crippen MR) is 87.6 cm³/mol. The Morgan fingerprint density at radius 2 is 0.850 bits per heavy atom. The Morgan fingerprint density at radius 1 is 0.500 bits per heavy atom. The van der Waals surface area contributed by atoms with Crippen molar-refractivity contribution in [1.29, 1.82) is 0 Å². The van der Waals surface area contributed by atoms with Gasteiger partial charge in [0.2, 0.25) is 0 Å². The minimum Gasteiger partial charge on any atom is -0.0849 e. The smallest absolute Gasteiger partial charge is 0.0205 e. The molecule has 3 aliphatic carbocycles. The molecule has 2 unspecified atom stereocenters. The molecule has 3 aliphatic rings. The zero-order valence-corrected chi connectivity index (χ0v) is 13.7. The molecular formula is C20H34. The first-order valence-corrected chi connectivity index (χ1v) is 9.40. The molecule has 0 aliphatic heterocycles. The average Bonchev–Trinajstić information content (AvgIpc) is 2.49. The summed E-state index contributed by atoms with van der Waals surface area (Å²) in [6, 6.07) is 0. The molecule has 2 saturated carbocycles. The Kier molecular flexibility index (Phi) is 4.89. The van der Waals surface area contributed by atoms with Crippen molar-refractivity contribution in [3.63, 3.8) is 0 Å². The van der Waals surface area contributed by atoms with Gasteiger partial charge >= 0.3 is 0 Å². The fraction of sp³-hybridized carbons (Fsp3) is 0.900. The van der Waals surface area contributed by atoms with Crippen LogP contribution in [0.15, 0.2) is 12.2 Å². The normalized spacial score (nSPS) is 46.3. The maximum Gasteiger partial charge on any atom is -0.0205 e. The van der Waals surface area contributed by atoms with Crippen LogP contribution in [0.3, 0.4) is 0 Å². The molecule has 0 N–H and O–H groups in total. The number of hydrogen-bond donors (Lipinski definition) is 0. The second kappa shape index (κ2) is 6.67. The van der Waals surface area contributed by atoms with Crippen LogP contribution in [0.1, 0.15) is 78.1 Å². The van der Waals surface area contributed by atoms with Crippen LogP contribution in [-0.4, -0.2) is 0 Å². The monoisotopic (exact) mass is 274 g/mol. The molecule has 0 amide bonds. The van der Waals surface area contributed by atoms with E-state index < -0.39 is 0 Å². The van der Waals surface area contributed by atoms with Crippen LogP contribution >= 0.6 is 0 Å². The molecule has 20 heavy (non-hydrogen) atoms. The van der Waals surface area contributed by atoms with Crippen LogP contribution in [0.25, 0.3) is 0 Å². The molecule has 0 heteroatoms. The van der Waals surface area contributed by atoms with E-state index >= 15 is 0 Å². The molecule has 3 rings (SSSR count). The molecule has 0 radical (unpaired) electrons. The van der Waals surface area contributed by atoms with Crippen molar-refractivity contribution >= 4 is 0 Å². The Hall–Kier alpha value is -0.260. The highest BCUT2D eigenvalue weighted by Crippen LogP contribution is 2.42. The Morgan fingerprint density at radius 3 is 1.15 bits per heavy atom. The van der Waals surface area contributed by atoms with Gasteiger partial charge in [-0.15, -0.1) is 0 Å². The van der Waals surface area contributed by atoms with Crippen molar-refractivity contribution in [2.45, 2.75) is 78.1 Å². The van der Waals surface area contributed by atoms with Gasteiger partial charge in [-0.3, -0.25) is 0 Å². The zero-order chi connectivity index (χ0) is 13.9. The van der Waals surface area contributed by atoms with Gasteiger partial charge < -0.3 is 0 Å². The van der Waals surface area contributed by atoms with Crippen LogP contribution in [0.4, 0.5) is 0 Å². The van der Waals surface area contributed by atoms with Crippen molar-refractivity contribution in [1.82, 2.24) is 0 Å². The molecule has 0 heterocycles. The first-order valence-electron chi connectivity index (χ1n) is 9.40. The van der Waals surface area contributed by atoms with Gasteiger partial charge in [0, 0.05) is 0 Å². The summed E-state index contributed by atoms with van der Waals surface area (Å²) >= 11 is 0. The summed E-state index contributed by atoms with van der Waals surface area (Å²) in [5.74, 6) is 5.90. The van der Waals surface area contributed by atoms with Crippen LogP contribution in [-0.2, 0) is 0 Å². The summed E-state index contributed by atoms with van der Waals surface area (Å²) in [7, 11) is 0. The number of rotatable bonds is 2. The van der Waals surface area contributed by atoms with E-state index in [4.69, 9.17) is 0 Å². The minimum absolute atomic E-state index is 0.932. The third-order valence-electron chi connectivity index (χ3n) is 6.77. The van der Waals surface area contributed by atoms with E-state index in [1.165, 1.54) is 64.2 Å². The molecular weight excluding hydrogens is 240 g/mol. The summed E-state index contributed by atoms with van der Waals surface area (Å²) in [5, 5.41) is 0. The van der Waals surface area contributed by atoms with Gasteiger partial charge in [-0.05, 0) is 74.0 Å². The molecule has 0 bridgehead atoms. The fourth-order valence-corrected chi connectivity index (χ4v) is 5.08. The standard InChI is InChI=1S/C20H34/c1-15-3-7-17(8-4-15)19-11-13-20(14-12-19)18-9-5-16(2)6-10-18/h11,13,15-20H,3-10,12,14H2,1-2H3. The van der Waals surface area contributed by atoms with Crippen LogP contribution < -0.4 is 0 Å². The lowest BCUT2D eigenvalue weighted by atomic mass is 9.68. The Bertz CT molecular complexity index is 281. The van der Waals surface area contributed by atoms with Gasteiger partial charge in [-0.25, -0.2) is 0 Å². The summed E-state index contributed by atoms with van der Waals surface area (Å²) in [4.78, 5) is 0.